The summed E-state index contributed by atoms with van der Waals surface area (Å²) < 4.78 is 5.33. The van der Waals surface area contributed by atoms with Gasteiger partial charge in [-0.1, -0.05) is 49.7 Å². The molecule has 1 aliphatic heterocycles. The number of fused-ring (bicyclic) bond motifs is 1. The number of halogens is 1. The Morgan fingerprint density at radius 1 is 1.03 bits per heavy atom. The summed E-state index contributed by atoms with van der Waals surface area (Å²) in [7, 11) is 0. The van der Waals surface area contributed by atoms with Crippen molar-refractivity contribution in [3.63, 3.8) is 0 Å². The molecule has 1 aromatic heterocycles. The van der Waals surface area contributed by atoms with Crippen LogP contribution in [0, 0.1) is 0 Å². The first-order chi connectivity index (χ1) is 14.4. The summed E-state index contributed by atoms with van der Waals surface area (Å²) in [5.41, 5.74) is 1.04. The van der Waals surface area contributed by atoms with Crippen molar-refractivity contribution >= 4 is 34.5 Å². The van der Waals surface area contributed by atoms with Crippen molar-refractivity contribution in [1.82, 2.24) is 10.2 Å². The molecule has 0 aliphatic carbocycles. The Morgan fingerprint density at radius 2 is 1.77 bits per heavy atom. The standard InChI is InChI=1S/C23H21ClN2O4/c1-3-14-5-10-18-15(12-20(27)30-19(18)11-14)13-26-21(28)23(4-2,25-22(26)29)16-6-8-17(24)9-7-16/h5-12H,3-4,13H2,1-2H3,(H,25,29). The van der Waals surface area contributed by atoms with E-state index in [2.05, 4.69) is 5.32 Å². The molecule has 0 bridgehead atoms. The normalized spacial score (nSPS) is 18.8. The zero-order chi connectivity index (χ0) is 21.5. The minimum atomic E-state index is -1.16. The Hall–Kier alpha value is -3.12. The molecule has 6 nitrogen and oxygen atoms in total. The van der Waals surface area contributed by atoms with Crippen LogP contribution in [-0.4, -0.2) is 16.8 Å². The fourth-order valence-electron chi connectivity index (χ4n) is 3.94. The summed E-state index contributed by atoms with van der Waals surface area (Å²) in [4.78, 5) is 39.4. The highest BCUT2D eigenvalue weighted by atomic mass is 35.5. The Kier molecular flexibility index (Phi) is 5.12. The maximum Gasteiger partial charge on any atom is 0.336 e. The molecule has 0 radical (unpaired) electrons. The number of benzene rings is 2. The molecule has 0 saturated carbocycles. The van der Waals surface area contributed by atoms with Crippen molar-refractivity contribution in [2.75, 3.05) is 0 Å². The molecular formula is C23H21ClN2O4. The zero-order valence-electron chi connectivity index (χ0n) is 16.7. The number of imide groups is 1. The van der Waals surface area contributed by atoms with E-state index < -0.39 is 17.2 Å². The molecule has 1 aliphatic rings. The second kappa shape index (κ2) is 7.61. The average molecular weight is 425 g/mol. The monoisotopic (exact) mass is 424 g/mol. The molecule has 1 fully saturated rings. The predicted octanol–water partition coefficient (Wildman–Crippen LogP) is 4.37. The maximum absolute atomic E-state index is 13.4. The quantitative estimate of drug-likeness (QED) is 0.487. The van der Waals surface area contributed by atoms with E-state index in [9.17, 15) is 14.4 Å². The molecule has 3 aromatic rings. The van der Waals surface area contributed by atoms with Crippen LogP contribution in [0.4, 0.5) is 4.79 Å². The highest BCUT2D eigenvalue weighted by molar-refractivity contribution is 6.30. The highest BCUT2D eigenvalue weighted by Crippen LogP contribution is 2.34. The number of urea groups is 1. The first kappa shape index (κ1) is 20.2. The van der Waals surface area contributed by atoms with Gasteiger partial charge in [0.15, 0.2) is 0 Å². The molecular weight excluding hydrogens is 404 g/mol. The van der Waals surface area contributed by atoms with Gasteiger partial charge in [0.25, 0.3) is 5.91 Å². The molecule has 2 heterocycles. The maximum atomic E-state index is 13.4. The molecule has 3 amide bonds. The van der Waals surface area contributed by atoms with Crippen LogP contribution in [0.2, 0.25) is 5.02 Å². The molecule has 1 N–H and O–H groups in total. The summed E-state index contributed by atoms with van der Waals surface area (Å²) >= 11 is 5.98. The molecule has 154 valence electrons. The first-order valence-corrected chi connectivity index (χ1v) is 10.2. The fourth-order valence-corrected chi connectivity index (χ4v) is 4.06. The number of hydrogen-bond donors (Lipinski definition) is 1. The van der Waals surface area contributed by atoms with E-state index >= 15 is 0 Å². The van der Waals surface area contributed by atoms with Gasteiger partial charge >= 0.3 is 11.7 Å². The van der Waals surface area contributed by atoms with Gasteiger partial charge in [-0.15, -0.1) is 0 Å². The Labute approximate surface area is 178 Å². The van der Waals surface area contributed by atoms with Gasteiger partial charge in [0, 0.05) is 16.5 Å². The number of nitrogens with zero attached hydrogens (tertiary/aromatic N) is 1. The van der Waals surface area contributed by atoms with Crippen molar-refractivity contribution in [3.05, 3.63) is 80.7 Å². The SMILES string of the molecule is CCc1ccc2c(CN3C(=O)NC(CC)(c4ccc(Cl)cc4)C3=O)cc(=O)oc2c1. The van der Waals surface area contributed by atoms with E-state index in [0.29, 0.717) is 33.5 Å². The van der Waals surface area contributed by atoms with Crippen molar-refractivity contribution in [1.29, 1.82) is 0 Å². The fraction of sp³-hybridized carbons (Fsp3) is 0.261. The van der Waals surface area contributed by atoms with Crippen molar-refractivity contribution in [2.45, 2.75) is 38.8 Å². The minimum absolute atomic E-state index is 0.0203. The number of rotatable bonds is 5. The van der Waals surface area contributed by atoms with E-state index in [1.807, 2.05) is 32.0 Å². The summed E-state index contributed by atoms with van der Waals surface area (Å²) in [6.07, 6.45) is 1.18. The predicted molar refractivity (Wildman–Crippen MR) is 114 cm³/mol. The number of hydrogen-bond acceptors (Lipinski definition) is 4. The number of amides is 3. The van der Waals surface area contributed by atoms with Crippen molar-refractivity contribution in [3.8, 4) is 0 Å². The zero-order valence-corrected chi connectivity index (χ0v) is 17.5. The lowest BCUT2D eigenvalue weighted by Gasteiger charge is -2.26. The summed E-state index contributed by atoms with van der Waals surface area (Å²) in [5.74, 6) is -0.358. The summed E-state index contributed by atoms with van der Waals surface area (Å²) in [6.45, 7) is 3.83. The molecule has 0 spiro atoms. The summed E-state index contributed by atoms with van der Waals surface area (Å²) in [5, 5.41) is 4.10. The van der Waals surface area contributed by atoms with Gasteiger partial charge in [-0.2, -0.15) is 0 Å². The van der Waals surface area contributed by atoms with Crippen LogP contribution in [-0.2, 0) is 23.3 Å². The number of carbonyl (C=O) groups excluding carboxylic acids is 2. The van der Waals surface area contributed by atoms with Crippen LogP contribution in [0.3, 0.4) is 0 Å². The van der Waals surface area contributed by atoms with Crippen molar-refractivity contribution < 1.29 is 14.0 Å². The lowest BCUT2D eigenvalue weighted by atomic mass is 9.87. The number of aryl methyl sites for hydroxylation is 1. The van der Waals surface area contributed by atoms with Crippen LogP contribution < -0.4 is 10.9 Å². The second-order valence-electron chi connectivity index (χ2n) is 7.36. The second-order valence-corrected chi connectivity index (χ2v) is 7.80. The number of nitrogens with one attached hydrogen (secondary N) is 1. The van der Waals surface area contributed by atoms with E-state index in [0.717, 1.165) is 16.9 Å². The molecule has 1 atom stereocenters. The van der Waals surface area contributed by atoms with E-state index in [-0.39, 0.29) is 12.5 Å². The van der Waals surface area contributed by atoms with Gasteiger partial charge in [-0.05, 0) is 47.7 Å². The van der Waals surface area contributed by atoms with Gasteiger partial charge < -0.3 is 9.73 Å². The molecule has 30 heavy (non-hydrogen) atoms. The van der Waals surface area contributed by atoms with Gasteiger partial charge in [0.1, 0.15) is 11.1 Å². The smallest absolute Gasteiger partial charge is 0.336 e. The molecule has 1 unspecified atom stereocenters. The van der Waals surface area contributed by atoms with Crippen molar-refractivity contribution in [2.24, 2.45) is 0 Å². The molecule has 4 rings (SSSR count). The van der Waals surface area contributed by atoms with E-state index in [4.69, 9.17) is 16.0 Å². The third-order valence-corrected chi connectivity index (χ3v) is 5.93. The topological polar surface area (TPSA) is 79.6 Å². The molecule has 1 saturated heterocycles. The van der Waals surface area contributed by atoms with Gasteiger partial charge in [0.05, 0.1) is 6.54 Å². The Bertz CT molecular complexity index is 1200. The number of carbonyl (C=O) groups is 2. The Balaban J connectivity index is 1.74. The summed E-state index contributed by atoms with van der Waals surface area (Å²) in [6, 6.07) is 13.3. The third kappa shape index (κ3) is 3.27. The average Bonchev–Trinajstić information content (AvgIpc) is 2.98. The molecule has 2 aromatic carbocycles. The van der Waals surface area contributed by atoms with E-state index in [1.165, 1.54) is 6.07 Å². The van der Waals surface area contributed by atoms with Gasteiger partial charge in [0.2, 0.25) is 0 Å². The minimum Gasteiger partial charge on any atom is -0.423 e. The van der Waals surface area contributed by atoms with E-state index in [1.54, 1.807) is 24.3 Å². The molecule has 7 heteroatoms. The van der Waals surface area contributed by atoms with Crippen LogP contribution in [0.15, 0.2) is 57.7 Å². The van der Waals surface area contributed by atoms with Crippen LogP contribution >= 0.6 is 11.6 Å². The largest absolute Gasteiger partial charge is 0.423 e. The van der Waals surface area contributed by atoms with Crippen LogP contribution in [0.1, 0.15) is 37.0 Å². The third-order valence-electron chi connectivity index (χ3n) is 5.67. The lowest BCUT2D eigenvalue weighted by molar-refractivity contribution is -0.132. The Morgan fingerprint density at radius 3 is 2.43 bits per heavy atom. The highest BCUT2D eigenvalue weighted by Gasteiger charge is 2.51. The van der Waals surface area contributed by atoms with Crippen LogP contribution in [0.25, 0.3) is 11.0 Å². The van der Waals surface area contributed by atoms with Gasteiger partial charge in [-0.3, -0.25) is 9.69 Å². The first-order valence-electron chi connectivity index (χ1n) is 9.83. The van der Waals surface area contributed by atoms with Crippen LogP contribution in [0.5, 0.6) is 0 Å². The van der Waals surface area contributed by atoms with Gasteiger partial charge in [-0.25, -0.2) is 9.59 Å². The lowest BCUT2D eigenvalue weighted by Crippen LogP contribution is -2.43.